The number of rotatable bonds is 1. The monoisotopic (exact) mass is 265 g/mol. The average molecular weight is 266 g/mol. The van der Waals surface area contributed by atoms with Crippen molar-refractivity contribution in [2.45, 2.75) is 18.8 Å². The molecular formula is C12H9BrFN. The summed E-state index contributed by atoms with van der Waals surface area (Å²) in [5, 5.41) is 0.979. The summed E-state index contributed by atoms with van der Waals surface area (Å²) in [6.07, 6.45) is 2.44. The first-order valence-electron chi connectivity index (χ1n) is 5.00. The van der Waals surface area contributed by atoms with Gasteiger partial charge in [-0.15, -0.1) is 0 Å². The predicted octanol–water partition coefficient (Wildman–Crippen LogP) is 4.01. The van der Waals surface area contributed by atoms with Crippen LogP contribution in [0.4, 0.5) is 4.39 Å². The molecule has 1 saturated carbocycles. The van der Waals surface area contributed by atoms with Crippen LogP contribution in [0, 0.1) is 5.82 Å². The van der Waals surface area contributed by atoms with Gasteiger partial charge in [0.2, 0.25) is 0 Å². The fourth-order valence-electron chi connectivity index (χ4n) is 1.74. The number of pyridine rings is 1. The molecule has 1 aliphatic rings. The van der Waals surface area contributed by atoms with Crippen LogP contribution >= 0.6 is 15.9 Å². The van der Waals surface area contributed by atoms with E-state index in [0.717, 1.165) is 16.6 Å². The van der Waals surface area contributed by atoms with Crippen molar-refractivity contribution in [3.63, 3.8) is 0 Å². The van der Waals surface area contributed by atoms with Gasteiger partial charge in [-0.25, -0.2) is 4.39 Å². The van der Waals surface area contributed by atoms with E-state index in [2.05, 4.69) is 20.9 Å². The summed E-state index contributed by atoms with van der Waals surface area (Å²) in [4.78, 5) is 4.48. The third kappa shape index (κ3) is 1.65. The Balaban J connectivity index is 2.21. The van der Waals surface area contributed by atoms with E-state index >= 15 is 0 Å². The molecule has 0 unspecified atom stereocenters. The third-order valence-corrected chi connectivity index (χ3v) is 3.36. The zero-order chi connectivity index (χ0) is 10.4. The number of aromatic nitrogens is 1. The molecule has 1 nitrogen and oxygen atoms in total. The molecule has 0 atom stereocenters. The highest BCUT2D eigenvalue weighted by molar-refractivity contribution is 9.10. The standard InChI is InChI=1S/C12H9BrFN/c13-9-5-8-3-4-11(7-1-2-7)15-12(8)6-10(9)14/h3-7H,1-2H2. The zero-order valence-corrected chi connectivity index (χ0v) is 9.59. The van der Waals surface area contributed by atoms with Crippen molar-refractivity contribution >= 4 is 26.8 Å². The predicted molar refractivity (Wildman–Crippen MR) is 61.4 cm³/mol. The minimum absolute atomic E-state index is 0.247. The Morgan fingerprint density at radius 3 is 2.80 bits per heavy atom. The highest BCUT2D eigenvalue weighted by Gasteiger charge is 2.24. The number of hydrogen-bond donors (Lipinski definition) is 0. The van der Waals surface area contributed by atoms with Crippen LogP contribution in [-0.2, 0) is 0 Å². The third-order valence-electron chi connectivity index (χ3n) is 2.75. The fourth-order valence-corrected chi connectivity index (χ4v) is 2.10. The van der Waals surface area contributed by atoms with Crippen LogP contribution in [0.25, 0.3) is 10.9 Å². The van der Waals surface area contributed by atoms with E-state index in [1.807, 2.05) is 12.1 Å². The van der Waals surface area contributed by atoms with E-state index in [-0.39, 0.29) is 5.82 Å². The maximum Gasteiger partial charge on any atom is 0.139 e. The molecule has 2 aromatic rings. The van der Waals surface area contributed by atoms with Gasteiger partial charge < -0.3 is 0 Å². The van der Waals surface area contributed by atoms with Crippen molar-refractivity contribution in [2.24, 2.45) is 0 Å². The molecule has 0 amide bonds. The molecule has 0 radical (unpaired) electrons. The van der Waals surface area contributed by atoms with Crippen LogP contribution in [0.2, 0.25) is 0 Å². The number of halogens is 2. The molecular weight excluding hydrogens is 257 g/mol. The van der Waals surface area contributed by atoms with Crippen molar-refractivity contribution < 1.29 is 4.39 Å². The molecule has 15 heavy (non-hydrogen) atoms. The second kappa shape index (κ2) is 3.27. The second-order valence-electron chi connectivity index (χ2n) is 3.97. The van der Waals surface area contributed by atoms with Crippen LogP contribution in [0.15, 0.2) is 28.7 Å². The molecule has 1 aromatic carbocycles. The van der Waals surface area contributed by atoms with E-state index in [9.17, 15) is 4.39 Å². The van der Waals surface area contributed by atoms with Crippen LogP contribution in [0.5, 0.6) is 0 Å². The van der Waals surface area contributed by atoms with E-state index < -0.39 is 0 Å². The first-order chi connectivity index (χ1) is 7.24. The molecule has 3 heteroatoms. The molecule has 1 aromatic heterocycles. The van der Waals surface area contributed by atoms with Crippen molar-refractivity contribution in [3.05, 3.63) is 40.2 Å². The fraction of sp³-hybridized carbons (Fsp3) is 0.250. The Morgan fingerprint density at radius 2 is 2.07 bits per heavy atom. The maximum absolute atomic E-state index is 13.3. The molecule has 0 bridgehead atoms. The molecule has 0 saturated heterocycles. The van der Waals surface area contributed by atoms with Gasteiger partial charge in [0, 0.05) is 23.1 Å². The molecule has 0 aliphatic heterocycles. The normalized spacial score (nSPS) is 15.9. The Bertz CT molecular complexity index is 534. The summed E-state index contributed by atoms with van der Waals surface area (Å²) >= 11 is 3.17. The van der Waals surface area contributed by atoms with Gasteiger partial charge in [0.1, 0.15) is 5.82 Å². The van der Waals surface area contributed by atoms with E-state index in [0.29, 0.717) is 10.4 Å². The average Bonchev–Trinajstić information content (AvgIpc) is 3.02. The summed E-state index contributed by atoms with van der Waals surface area (Å²) in [7, 11) is 0. The second-order valence-corrected chi connectivity index (χ2v) is 4.82. The summed E-state index contributed by atoms with van der Waals surface area (Å²) < 4.78 is 13.8. The maximum atomic E-state index is 13.3. The largest absolute Gasteiger partial charge is 0.252 e. The number of nitrogens with zero attached hydrogens (tertiary/aromatic N) is 1. The lowest BCUT2D eigenvalue weighted by Gasteiger charge is -2.02. The van der Waals surface area contributed by atoms with Gasteiger partial charge in [-0.1, -0.05) is 6.07 Å². The topological polar surface area (TPSA) is 12.9 Å². The molecule has 1 heterocycles. The Hall–Kier alpha value is -0.960. The number of hydrogen-bond acceptors (Lipinski definition) is 1. The van der Waals surface area contributed by atoms with Gasteiger partial charge >= 0.3 is 0 Å². The Morgan fingerprint density at radius 1 is 1.27 bits per heavy atom. The Kier molecular flexibility index (Phi) is 2.02. The van der Waals surface area contributed by atoms with E-state index in [1.165, 1.54) is 18.9 Å². The highest BCUT2D eigenvalue weighted by atomic mass is 79.9. The van der Waals surface area contributed by atoms with Crippen molar-refractivity contribution in [1.82, 2.24) is 4.98 Å². The number of benzene rings is 1. The zero-order valence-electron chi connectivity index (χ0n) is 8.00. The van der Waals surface area contributed by atoms with Crippen LogP contribution in [0.3, 0.4) is 0 Å². The summed E-state index contributed by atoms with van der Waals surface area (Å²) in [5.41, 5.74) is 1.85. The molecule has 1 fully saturated rings. The van der Waals surface area contributed by atoms with Gasteiger partial charge in [-0.05, 0) is 40.9 Å². The first-order valence-corrected chi connectivity index (χ1v) is 5.79. The van der Waals surface area contributed by atoms with Crippen LogP contribution in [-0.4, -0.2) is 4.98 Å². The van der Waals surface area contributed by atoms with E-state index in [4.69, 9.17) is 0 Å². The smallest absolute Gasteiger partial charge is 0.139 e. The molecule has 0 N–H and O–H groups in total. The quantitative estimate of drug-likeness (QED) is 0.759. The van der Waals surface area contributed by atoms with Gasteiger partial charge in [-0.2, -0.15) is 0 Å². The summed E-state index contributed by atoms with van der Waals surface area (Å²) in [5.74, 6) is 0.365. The molecule has 1 aliphatic carbocycles. The molecule has 3 rings (SSSR count). The lowest BCUT2D eigenvalue weighted by molar-refractivity contribution is 0.622. The van der Waals surface area contributed by atoms with Crippen molar-refractivity contribution in [3.8, 4) is 0 Å². The number of fused-ring (bicyclic) bond motifs is 1. The van der Waals surface area contributed by atoms with Crippen LogP contribution in [0.1, 0.15) is 24.5 Å². The SMILES string of the molecule is Fc1cc2nc(C3CC3)ccc2cc1Br. The summed E-state index contributed by atoms with van der Waals surface area (Å²) in [6.45, 7) is 0. The first kappa shape index (κ1) is 9.28. The van der Waals surface area contributed by atoms with Gasteiger partial charge in [-0.3, -0.25) is 4.98 Å². The summed E-state index contributed by atoms with van der Waals surface area (Å²) in [6, 6.07) is 7.32. The van der Waals surface area contributed by atoms with Crippen molar-refractivity contribution in [2.75, 3.05) is 0 Å². The van der Waals surface area contributed by atoms with Gasteiger partial charge in [0.05, 0.1) is 9.99 Å². The molecule has 0 spiro atoms. The van der Waals surface area contributed by atoms with Gasteiger partial charge in [0.25, 0.3) is 0 Å². The lowest BCUT2D eigenvalue weighted by atomic mass is 10.1. The molecule has 76 valence electrons. The van der Waals surface area contributed by atoms with Crippen LogP contribution < -0.4 is 0 Å². The van der Waals surface area contributed by atoms with E-state index in [1.54, 1.807) is 6.07 Å². The Labute approximate surface area is 95.5 Å². The van der Waals surface area contributed by atoms with Crippen molar-refractivity contribution in [1.29, 1.82) is 0 Å². The lowest BCUT2D eigenvalue weighted by Crippen LogP contribution is -1.88. The van der Waals surface area contributed by atoms with Gasteiger partial charge in [0.15, 0.2) is 0 Å². The highest BCUT2D eigenvalue weighted by Crippen LogP contribution is 2.39. The minimum atomic E-state index is -0.247. The minimum Gasteiger partial charge on any atom is -0.252 e.